The van der Waals surface area contributed by atoms with Crippen molar-refractivity contribution in [3.8, 4) is 0 Å². The molecule has 0 radical (unpaired) electrons. The summed E-state index contributed by atoms with van der Waals surface area (Å²) >= 11 is 0. The molecule has 0 amide bonds. The molecule has 0 unspecified atom stereocenters. The van der Waals surface area contributed by atoms with Gasteiger partial charge >= 0.3 is 0 Å². The number of benzene rings is 1. The van der Waals surface area contributed by atoms with Gasteiger partial charge in [-0.05, 0) is 52.3 Å². The highest BCUT2D eigenvalue weighted by Gasteiger charge is 2.02. The fourth-order valence-corrected chi connectivity index (χ4v) is 2.00. The minimum Gasteiger partial charge on any atom is -0.333 e. The highest BCUT2D eigenvalue weighted by Crippen LogP contribution is 2.23. The molecule has 0 spiro atoms. The molecule has 0 bridgehead atoms. The number of hydrogen-bond acceptors (Lipinski definition) is 1. The maximum absolute atomic E-state index is 4.50. The van der Waals surface area contributed by atoms with Crippen molar-refractivity contribution in [2.45, 2.75) is 41.0 Å². The summed E-state index contributed by atoms with van der Waals surface area (Å²) in [6.07, 6.45) is 1.12. The lowest BCUT2D eigenvalue weighted by molar-refractivity contribution is 1.19. The molecule has 0 saturated heterocycles. The molecule has 0 aliphatic heterocycles. The molecule has 0 aliphatic carbocycles. The molecule has 0 aliphatic rings. The Balaban J connectivity index is 0.00000106. The first-order valence-electron chi connectivity index (χ1n) is 5.87. The van der Waals surface area contributed by atoms with Crippen LogP contribution in [0.15, 0.2) is 23.8 Å². The monoisotopic (exact) mass is 219 g/mol. The molecule has 2 N–H and O–H groups in total. The van der Waals surface area contributed by atoms with Crippen LogP contribution in [0.5, 0.6) is 0 Å². The lowest BCUT2D eigenvalue weighted by Crippen LogP contribution is -1.88. The average Bonchev–Trinajstić information content (AvgIpc) is 2.19. The maximum atomic E-state index is 4.50. The maximum Gasteiger partial charge on any atom is -0.0195 e. The summed E-state index contributed by atoms with van der Waals surface area (Å²) < 4.78 is 0. The Morgan fingerprint density at radius 2 is 1.44 bits per heavy atom. The van der Waals surface area contributed by atoms with Crippen molar-refractivity contribution in [2.75, 3.05) is 7.05 Å². The molecule has 0 atom stereocenters. The lowest BCUT2D eigenvalue weighted by atomic mass is 9.96. The second kappa shape index (κ2) is 7.24. The van der Waals surface area contributed by atoms with Gasteiger partial charge in [-0.2, -0.15) is 0 Å². The minimum absolute atomic E-state index is 1.12. The van der Waals surface area contributed by atoms with E-state index in [0.29, 0.717) is 0 Å². The zero-order valence-corrected chi connectivity index (χ0v) is 11.5. The molecule has 0 aromatic heterocycles. The van der Waals surface area contributed by atoms with Gasteiger partial charge in [0.05, 0.1) is 0 Å². The Morgan fingerprint density at radius 1 is 1.00 bits per heavy atom. The average molecular weight is 219 g/mol. The van der Waals surface area contributed by atoms with Crippen LogP contribution in [0.1, 0.15) is 43.9 Å². The van der Waals surface area contributed by atoms with Crippen molar-refractivity contribution >= 4 is 5.57 Å². The third-order valence-electron chi connectivity index (χ3n) is 2.53. The van der Waals surface area contributed by atoms with Crippen molar-refractivity contribution in [3.05, 3.63) is 40.5 Å². The first-order chi connectivity index (χ1) is 7.54. The summed E-state index contributed by atoms with van der Waals surface area (Å²) in [5.41, 5.74) is 11.5. The van der Waals surface area contributed by atoms with Gasteiger partial charge in [-0.1, -0.05) is 41.8 Å². The second-order valence-electron chi connectivity index (χ2n) is 4.21. The smallest absolute Gasteiger partial charge is 0.0195 e. The van der Waals surface area contributed by atoms with Gasteiger partial charge in [0, 0.05) is 0 Å². The van der Waals surface area contributed by atoms with Crippen LogP contribution in [0.25, 0.3) is 5.57 Å². The van der Waals surface area contributed by atoms with Crippen LogP contribution >= 0.6 is 0 Å². The first kappa shape index (κ1) is 14.9. The Hall–Kier alpha value is -1.08. The van der Waals surface area contributed by atoms with Gasteiger partial charge in [0.15, 0.2) is 0 Å². The second-order valence-corrected chi connectivity index (χ2v) is 4.21. The summed E-state index contributed by atoms with van der Waals surface area (Å²) in [6.45, 7) is 10.9. The quantitative estimate of drug-likeness (QED) is 0.797. The zero-order chi connectivity index (χ0) is 12.7. The van der Waals surface area contributed by atoms with E-state index in [1.54, 1.807) is 0 Å². The highest BCUT2D eigenvalue weighted by molar-refractivity contribution is 5.68. The van der Waals surface area contributed by atoms with Crippen LogP contribution in [0.2, 0.25) is 0 Å². The van der Waals surface area contributed by atoms with E-state index >= 15 is 0 Å². The van der Waals surface area contributed by atoms with Crippen molar-refractivity contribution < 1.29 is 0 Å². The molecular weight excluding hydrogens is 194 g/mol. The van der Waals surface area contributed by atoms with Crippen LogP contribution in [-0.2, 0) is 0 Å². The highest BCUT2D eigenvalue weighted by atomic mass is 14.4. The molecule has 1 nitrogen and oxygen atoms in total. The number of rotatable bonds is 2. The fourth-order valence-electron chi connectivity index (χ4n) is 2.00. The fraction of sp³-hybridized carbons (Fsp3) is 0.467. The van der Waals surface area contributed by atoms with Crippen LogP contribution in [0.3, 0.4) is 0 Å². The number of hydrogen-bond donors (Lipinski definition) is 1. The Labute approximate surface area is 100 Å². The van der Waals surface area contributed by atoms with Gasteiger partial charge in [-0.15, -0.1) is 0 Å². The van der Waals surface area contributed by atoms with Gasteiger partial charge in [0.2, 0.25) is 0 Å². The molecule has 1 heteroatoms. The van der Waals surface area contributed by atoms with E-state index in [2.05, 4.69) is 58.6 Å². The predicted molar refractivity (Wildman–Crippen MR) is 74.6 cm³/mol. The minimum atomic E-state index is 1.12. The molecular formula is C15H25N. The summed E-state index contributed by atoms with van der Waals surface area (Å²) in [6, 6.07) is 6.78. The zero-order valence-electron chi connectivity index (χ0n) is 11.5. The third kappa shape index (κ3) is 4.19. The predicted octanol–water partition coefficient (Wildman–Crippen LogP) is 4.08. The topological polar surface area (TPSA) is 26.0 Å². The first-order valence-corrected chi connectivity index (χ1v) is 5.87. The van der Waals surface area contributed by atoms with E-state index in [-0.39, 0.29) is 0 Å². The van der Waals surface area contributed by atoms with Crippen LogP contribution < -0.4 is 5.73 Å². The summed E-state index contributed by atoms with van der Waals surface area (Å²) in [7, 11) is 1.50. The van der Waals surface area contributed by atoms with Crippen molar-refractivity contribution in [1.29, 1.82) is 0 Å². The van der Waals surface area contributed by atoms with E-state index in [0.717, 1.165) is 6.42 Å². The van der Waals surface area contributed by atoms with Gasteiger partial charge in [-0.3, -0.25) is 0 Å². The Bertz CT molecular complexity index is 337. The van der Waals surface area contributed by atoms with E-state index in [4.69, 9.17) is 0 Å². The van der Waals surface area contributed by atoms with Crippen molar-refractivity contribution in [3.63, 3.8) is 0 Å². The molecule has 0 fully saturated rings. The molecule has 1 rings (SSSR count). The Kier molecular flexibility index (Phi) is 6.75. The van der Waals surface area contributed by atoms with E-state index in [1.807, 2.05) is 0 Å². The third-order valence-corrected chi connectivity index (χ3v) is 2.53. The van der Waals surface area contributed by atoms with Gasteiger partial charge in [0.1, 0.15) is 0 Å². The Morgan fingerprint density at radius 3 is 1.75 bits per heavy atom. The molecule has 90 valence electrons. The van der Waals surface area contributed by atoms with Crippen LogP contribution in [0.4, 0.5) is 0 Å². The molecule has 1 aromatic rings. The van der Waals surface area contributed by atoms with Gasteiger partial charge in [-0.25, -0.2) is 0 Å². The van der Waals surface area contributed by atoms with Gasteiger partial charge < -0.3 is 5.73 Å². The summed E-state index contributed by atoms with van der Waals surface area (Å²) in [5, 5.41) is 0. The van der Waals surface area contributed by atoms with Crippen molar-refractivity contribution in [1.82, 2.24) is 0 Å². The summed E-state index contributed by atoms with van der Waals surface area (Å²) in [5.74, 6) is 0. The number of aryl methyl sites for hydroxylation is 2. The SMILES string of the molecule is CCC(=C(C)C)c1cc(C)cc(C)c1.CN. The molecule has 0 saturated carbocycles. The number of nitrogens with two attached hydrogens (primary N) is 1. The van der Waals surface area contributed by atoms with E-state index in [1.165, 1.54) is 34.9 Å². The van der Waals surface area contributed by atoms with E-state index < -0.39 is 0 Å². The molecule has 0 heterocycles. The van der Waals surface area contributed by atoms with Crippen LogP contribution in [-0.4, -0.2) is 7.05 Å². The van der Waals surface area contributed by atoms with E-state index in [9.17, 15) is 0 Å². The summed E-state index contributed by atoms with van der Waals surface area (Å²) in [4.78, 5) is 0. The molecule has 16 heavy (non-hydrogen) atoms. The largest absolute Gasteiger partial charge is 0.333 e. The number of allylic oxidation sites excluding steroid dienone is 2. The standard InChI is InChI=1S/C14H20.CH5N/c1-6-14(10(2)3)13-8-11(4)7-12(5)9-13;1-2/h7-9H,6H2,1-5H3;2H2,1H3. The molecule has 1 aromatic carbocycles. The van der Waals surface area contributed by atoms with Crippen LogP contribution in [0, 0.1) is 13.8 Å². The van der Waals surface area contributed by atoms with Gasteiger partial charge in [0.25, 0.3) is 0 Å². The lowest BCUT2D eigenvalue weighted by Gasteiger charge is -2.10. The normalized spacial score (nSPS) is 9.19. The van der Waals surface area contributed by atoms with Crippen molar-refractivity contribution in [2.24, 2.45) is 5.73 Å².